The maximum Gasteiger partial charge on any atom is 0.433 e. The molecule has 0 fully saturated rings. The topological polar surface area (TPSA) is 25.8 Å². The maximum absolute atomic E-state index is 12.9. The summed E-state index contributed by atoms with van der Waals surface area (Å²) in [6, 6.07) is 0. The van der Waals surface area contributed by atoms with Gasteiger partial charge in [-0.3, -0.25) is 0 Å². The van der Waals surface area contributed by atoms with Gasteiger partial charge < -0.3 is 0 Å². The lowest BCUT2D eigenvalue weighted by Crippen LogP contribution is -2.16. The molecule has 1 aromatic heterocycles. The summed E-state index contributed by atoms with van der Waals surface area (Å²) in [5.74, 6) is -0.324. The maximum atomic E-state index is 12.9. The second kappa shape index (κ2) is 5.44. The van der Waals surface area contributed by atoms with Crippen molar-refractivity contribution in [3.8, 4) is 0 Å². The van der Waals surface area contributed by atoms with Gasteiger partial charge in [0, 0.05) is 5.56 Å². The predicted octanol–water partition coefficient (Wildman–Crippen LogP) is 4.38. The van der Waals surface area contributed by atoms with Crippen LogP contribution in [-0.4, -0.2) is 16.2 Å². The van der Waals surface area contributed by atoms with Gasteiger partial charge in [0.25, 0.3) is 0 Å². The SMILES string of the molecule is CCC(C)c1c(Cl)nc(SC)nc1C(F)(F)F. The van der Waals surface area contributed by atoms with Gasteiger partial charge in [0.2, 0.25) is 0 Å². The molecule has 1 heterocycles. The third-order valence-corrected chi connectivity index (χ3v) is 3.27. The Bertz CT molecular complexity index is 409. The van der Waals surface area contributed by atoms with E-state index >= 15 is 0 Å². The average Bonchev–Trinajstić information content (AvgIpc) is 2.25. The molecule has 0 bridgehead atoms. The molecule has 7 heteroatoms. The zero-order valence-corrected chi connectivity index (χ0v) is 11.2. The van der Waals surface area contributed by atoms with Gasteiger partial charge in [-0.2, -0.15) is 13.2 Å². The van der Waals surface area contributed by atoms with Crippen molar-refractivity contribution in [3.05, 3.63) is 16.4 Å². The molecule has 0 aliphatic heterocycles. The molecular formula is C10H12ClF3N2S. The molecule has 1 rings (SSSR count). The van der Waals surface area contributed by atoms with Gasteiger partial charge in [0.1, 0.15) is 5.15 Å². The molecule has 0 radical (unpaired) electrons. The lowest BCUT2D eigenvalue weighted by molar-refractivity contribution is -0.142. The fourth-order valence-corrected chi connectivity index (χ4v) is 2.14. The minimum Gasteiger partial charge on any atom is -0.218 e. The highest BCUT2D eigenvalue weighted by Crippen LogP contribution is 2.38. The molecule has 0 aliphatic rings. The molecule has 1 unspecified atom stereocenters. The quantitative estimate of drug-likeness (QED) is 0.468. The number of hydrogen-bond acceptors (Lipinski definition) is 3. The van der Waals surface area contributed by atoms with Crippen molar-refractivity contribution in [2.24, 2.45) is 0 Å². The molecule has 0 saturated heterocycles. The van der Waals surface area contributed by atoms with Crippen LogP contribution in [0.25, 0.3) is 0 Å². The molecule has 0 aromatic carbocycles. The number of alkyl halides is 3. The molecule has 17 heavy (non-hydrogen) atoms. The Hall–Kier alpha value is -0.490. The van der Waals surface area contributed by atoms with Crippen LogP contribution in [0.5, 0.6) is 0 Å². The van der Waals surface area contributed by atoms with Crippen molar-refractivity contribution in [2.75, 3.05) is 6.26 Å². The fourth-order valence-electron chi connectivity index (χ4n) is 1.37. The Labute approximate surface area is 107 Å². The first-order valence-electron chi connectivity index (χ1n) is 4.99. The van der Waals surface area contributed by atoms with Crippen LogP contribution in [0.3, 0.4) is 0 Å². The fraction of sp³-hybridized carbons (Fsp3) is 0.600. The Balaban J connectivity index is 3.45. The highest BCUT2D eigenvalue weighted by Gasteiger charge is 2.38. The van der Waals surface area contributed by atoms with E-state index in [4.69, 9.17) is 11.6 Å². The summed E-state index contributed by atoms with van der Waals surface area (Å²) in [6.45, 7) is 3.47. The van der Waals surface area contributed by atoms with E-state index < -0.39 is 11.9 Å². The van der Waals surface area contributed by atoms with E-state index in [1.165, 1.54) is 0 Å². The first-order valence-corrected chi connectivity index (χ1v) is 6.60. The molecule has 0 spiro atoms. The van der Waals surface area contributed by atoms with Crippen LogP contribution in [0.2, 0.25) is 5.15 Å². The second-order valence-corrected chi connectivity index (χ2v) is 4.70. The van der Waals surface area contributed by atoms with Crippen LogP contribution in [0.1, 0.15) is 37.4 Å². The van der Waals surface area contributed by atoms with Gasteiger partial charge in [0.05, 0.1) is 0 Å². The summed E-state index contributed by atoms with van der Waals surface area (Å²) in [4.78, 5) is 7.39. The lowest BCUT2D eigenvalue weighted by atomic mass is 9.98. The number of hydrogen-bond donors (Lipinski definition) is 0. The van der Waals surface area contributed by atoms with Crippen molar-refractivity contribution in [1.82, 2.24) is 9.97 Å². The van der Waals surface area contributed by atoms with Crippen molar-refractivity contribution >= 4 is 23.4 Å². The molecular weight excluding hydrogens is 273 g/mol. The van der Waals surface area contributed by atoms with Crippen LogP contribution in [0.4, 0.5) is 13.2 Å². The number of rotatable bonds is 3. The summed E-state index contributed by atoms with van der Waals surface area (Å²) in [6.07, 6.45) is -2.35. The number of aromatic nitrogens is 2. The van der Waals surface area contributed by atoms with Crippen molar-refractivity contribution < 1.29 is 13.2 Å². The summed E-state index contributed by atoms with van der Waals surface area (Å²) in [5.41, 5.74) is -0.935. The largest absolute Gasteiger partial charge is 0.433 e. The number of thioether (sulfide) groups is 1. The van der Waals surface area contributed by atoms with E-state index in [2.05, 4.69) is 9.97 Å². The summed E-state index contributed by atoms with van der Waals surface area (Å²) in [7, 11) is 0. The van der Waals surface area contributed by atoms with Gasteiger partial charge in [0.15, 0.2) is 10.9 Å². The monoisotopic (exact) mass is 284 g/mol. The van der Waals surface area contributed by atoms with Crippen LogP contribution < -0.4 is 0 Å². The van der Waals surface area contributed by atoms with Gasteiger partial charge >= 0.3 is 6.18 Å². The first kappa shape index (κ1) is 14.6. The Morgan fingerprint density at radius 3 is 2.35 bits per heavy atom. The molecule has 0 saturated carbocycles. The molecule has 0 amide bonds. The van der Waals surface area contributed by atoms with Crippen LogP contribution in [-0.2, 0) is 6.18 Å². The summed E-state index contributed by atoms with van der Waals surface area (Å²) < 4.78 is 38.6. The Morgan fingerprint density at radius 2 is 1.94 bits per heavy atom. The Kier molecular flexibility index (Phi) is 4.66. The van der Waals surface area contributed by atoms with Crippen molar-refractivity contribution in [1.29, 1.82) is 0 Å². The molecule has 2 nitrogen and oxygen atoms in total. The highest BCUT2D eigenvalue weighted by atomic mass is 35.5. The molecule has 1 aromatic rings. The van der Waals surface area contributed by atoms with E-state index in [0.717, 1.165) is 11.8 Å². The van der Waals surface area contributed by atoms with Crippen molar-refractivity contribution in [3.63, 3.8) is 0 Å². The van der Waals surface area contributed by atoms with Crippen molar-refractivity contribution in [2.45, 2.75) is 37.5 Å². The molecule has 0 N–H and O–H groups in total. The molecule has 1 atom stereocenters. The summed E-state index contributed by atoms with van der Waals surface area (Å²) in [5, 5.41) is -0.0691. The third kappa shape index (κ3) is 3.25. The predicted molar refractivity (Wildman–Crippen MR) is 62.5 cm³/mol. The van der Waals surface area contributed by atoms with E-state index in [0.29, 0.717) is 6.42 Å². The lowest BCUT2D eigenvalue weighted by Gasteiger charge is -2.17. The van der Waals surface area contributed by atoms with Gasteiger partial charge in [-0.25, -0.2) is 9.97 Å². The zero-order chi connectivity index (χ0) is 13.2. The summed E-state index contributed by atoms with van der Waals surface area (Å²) >= 11 is 6.86. The first-order chi connectivity index (χ1) is 7.81. The number of halogens is 4. The second-order valence-electron chi connectivity index (χ2n) is 3.57. The van der Waals surface area contributed by atoms with Crippen LogP contribution >= 0.6 is 23.4 Å². The van der Waals surface area contributed by atoms with E-state index in [-0.39, 0.29) is 21.8 Å². The number of nitrogens with zero attached hydrogens (tertiary/aromatic N) is 2. The smallest absolute Gasteiger partial charge is 0.218 e. The van der Waals surface area contributed by atoms with Crippen LogP contribution in [0.15, 0.2) is 5.16 Å². The standard InChI is InChI=1S/C10H12ClF3N2S/c1-4-5(2)6-7(10(12,13)14)15-9(17-3)16-8(6)11/h5H,4H2,1-3H3. The van der Waals surface area contributed by atoms with E-state index in [1.807, 2.05) is 0 Å². The average molecular weight is 285 g/mol. The minimum absolute atomic E-state index is 0.0144. The highest BCUT2D eigenvalue weighted by molar-refractivity contribution is 7.98. The normalized spacial score (nSPS) is 13.8. The molecule has 0 aliphatic carbocycles. The third-order valence-electron chi connectivity index (χ3n) is 2.43. The minimum atomic E-state index is -4.50. The van der Waals surface area contributed by atoms with Gasteiger partial charge in [-0.1, -0.05) is 37.2 Å². The zero-order valence-electron chi connectivity index (χ0n) is 9.60. The van der Waals surface area contributed by atoms with Gasteiger partial charge in [-0.15, -0.1) is 0 Å². The van der Waals surface area contributed by atoms with E-state index in [1.54, 1.807) is 20.1 Å². The Morgan fingerprint density at radius 1 is 1.35 bits per heavy atom. The van der Waals surface area contributed by atoms with E-state index in [9.17, 15) is 13.2 Å². The van der Waals surface area contributed by atoms with Crippen LogP contribution in [0, 0.1) is 0 Å². The van der Waals surface area contributed by atoms with Gasteiger partial charge in [-0.05, 0) is 18.6 Å². The molecule has 96 valence electrons.